The van der Waals surface area contributed by atoms with Crippen LogP contribution in [0.4, 0.5) is 0 Å². The third-order valence-corrected chi connectivity index (χ3v) is 3.78. The minimum absolute atomic E-state index is 0.147. The fourth-order valence-corrected chi connectivity index (χ4v) is 2.64. The van der Waals surface area contributed by atoms with Crippen LogP contribution in [-0.2, 0) is 13.1 Å². The zero-order valence-electron chi connectivity index (χ0n) is 13.8. The first kappa shape index (κ1) is 15.9. The van der Waals surface area contributed by atoms with Crippen LogP contribution in [0.2, 0.25) is 0 Å². The molecule has 0 aliphatic heterocycles. The van der Waals surface area contributed by atoms with Gasteiger partial charge >= 0.3 is 0 Å². The summed E-state index contributed by atoms with van der Waals surface area (Å²) in [5.74, 6) is -0.147. The number of rotatable bonds is 6. The number of hydrogen-bond donors (Lipinski definition) is 1. The smallest absolute Gasteiger partial charge is 0.270 e. The molecular weight excluding hydrogens is 304 g/mol. The van der Waals surface area contributed by atoms with Crippen LogP contribution in [-0.4, -0.2) is 30.5 Å². The highest BCUT2D eigenvalue weighted by Crippen LogP contribution is 2.16. The van der Waals surface area contributed by atoms with Gasteiger partial charge < -0.3 is 5.32 Å². The Balaban J connectivity index is 1.84. The Hall–Kier alpha value is -2.96. The van der Waals surface area contributed by atoms with Gasteiger partial charge in [-0.15, -0.1) is 0 Å². The normalized spacial score (nSPS) is 12.1. The van der Waals surface area contributed by atoms with Crippen molar-refractivity contribution in [1.82, 2.24) is 29.9 Å². The molecule has 7 nitrogen and oxygen atoms in total. The summed E-state index contributed by atoms with van der Waals surface area (Å²) in [5, 5.41) is 11.6. The Morgan fingerprint density at radius 3 is 2.75 bits per heavy atom. The van der Waals surface area contributed by atoms with Crippen molar-refractivity contribution < 1.29 is 4.79 Å². The maximum atomic E-state index is 12.7. The fraction of sp³-hybridized carbons (Fsp3) is 0.294. The molecular formula is C17H20N6O. The Morgan fingerprint density at radius 2 is 2.08 bits per heavy atom. The van der Waals surface area contributed by atoms with Gasteiger partial charge in [0.1, 0.15) is 18.3 Å². The molecule has 7 heteroatoms. The molecule has 2 aromatic heterocycles. The number of hydrogen-bond acceptors (Lipinski definition) is 4. The number of nitrogens with zero attached hydrogens (tertiary/aromatic N) is 5. The minimum Gasteiger partial charge on any atom is -0.342 e. The van der Waals surface area contributed by atoms with E-state index in [0.29, 0.717) is 18.8 Å². The highest BCUT2D eigenvalue weighted by Gasteiger charge is 2.19. The van der Waals surface area contributed by atoms with Gasteiger partial charge in [-0.2, -0.15) is 10.2 Å². The molecule has 1 amide bonds. The molecule has 0 spiro atoms. The van der Waals surface area contributed by atoms with Gasteiger partial charge in [0.25, 0.3) is 5.91 Å². The number of aromatic nitrogens is 5. The van der Waals surface area contributed by atoms with Crippen LogP contribution in [0.15, 0.2) is 49.1 Å². The Morgan fingerprint density at radius 1 is 1.29 bits per heavy atom. The SMILES string of the molecule is CCn1nc(C)cc1C(=O)NC(Cn1cncn1)c1ccccc1. The molecule has 3 aromatic rings. The van der Waals surface area contributed by atoms with E-state index in [1.54, 1.807) is 21.8 Å². The van der Waals surface area contributed by atoms with E-state index in [0.717, 1.165) is 11.3 Å². The number of aryl methyl sites for hydroxylation is 2. The molecule has 1 N–H and O–H groups in total. The summed E-state index contributed by atoms with van der Waals surface area (Å²) in [6.45, 7) is 5.00. The highest BCUT2D eigenvalue weighted by molar-refractivity contribution is 5.93. The summed E-state index contributed by atoms with van der Waals surface area (Å²) < 4.78 is 3.42. The van der Waals surface area contributed by atoms with Gasteiger partial charge in [0.05, 0.1) is 18.3 Å². The first-order valence-corrected chi connectivity index (χ1v) is 7.90. The summed E-state index contributed by atoms with van der Waals surface area (Å²) in [6.07, 6.45) is 3.13. The van der Waals surface area contributed by atoms with Crippen LogP contribution in [0.25, 0.3) is 0 Å². The molecule has 1 aromatic carbocycles. The summed E-state index contributed by atoms with van der Waals surface area (Å²) in [7, 11) is 0. The van der Waals surface area contributed by atoms with Gasteiger partial charge in [-0.25, -0.2) is 4.98 Å². The van der Waals surface area contributed by atoms with Crippen molar-refractivity contribution in [3.8, 4) is 0 Å². The van der Waals surface area contributed by atoms with E-state index in [1.165, 1.54) is 6.33 Å². The molecule has 0 fully saturated rings. The van der Waals surface area contributed by atoms with Crippen molar-refractivity contribution in [1.29, 1.82) is 0 Å². The van der Waals surface area contributed by atoms with E-state index in [9.17, 15) is 4.79 Å². The molecule has 0 radical (unpaired) electrons. The molecule has 3 rings (SSSR count). The summed E-state index contributed by atoms with van der Waals surface area (Å²) in [6, 6.07) is 11.4. The molecule has 0 aliphatic carbocycles. The maximum absolute atomic E-state index is 12.7. The molecule has 1 atom stereocenters. The van der Waals surface area contributed by atoms with E-state index in [1.807, 2.05) is 44.2 Å². The van der Waals surface area contributed by atoms with Gasteiger partial charge in [0.15, 0.2) is 0 Å². The first-order valence-electron chi connectivity index (χ1n) is 7.90. The van der Waals surface area contributed by atoms with Gasteiger partial charge in [-0.1, -0.05) is 30.3 Å². The van der Waals surface area contributed by atoms with Gasteiger partial charge in [0, 0.05) is 6.54 Å². The predicted octanol–water partition coefficient (Wildman–Crippen LogP) is 1.97. The Labute approximate surface area is 140 Å². The number of nitrogens with one attached hydrogen (secondary N) is 1. The van der Waals surface area contributed by atoms with Crippen LogP contribution in [0.1, 0.15) is 34.7 Å². The second-order valence-electron chi connectivity index (χ2n) is 5.54. The summed E-state index contributed by atoms with van der Waals surface area (Å²) in [4.78, 5) is 16.7. The van der Waals surface area contributed by atoms with Crippen molar-refractivity contribution in [3.05, 3.63) is 66.0 Å². The van der Waals surface area contributed by atoms with E-state index in [4.69, 9.17) is 0 Å². The molecule has 1 unspecified atom stereocenters. The number of carbonyl (C=O) groups is 1. The molecule has 2 heterocycles. The van der Waals surface area contributed by atoms with Crippen LogP contribution in [0, 0.1) is 6.92 Å². The number of amides is 1. The van der Waals surface area contributed by atoms with E-state index < -0.39 is 0 Å². The van der Waals surface area contributed by atoms with Gasteiger partial charge in [-0.3, -0.25) is 14.2 Å². The van der Waals surface area contributed by atoms with E-state index >= 15 is 0 Å². The minimum atomic E-state index is -0.207. The van der Waals surface area contributed by atoms with Crippen molar-refractivity contribution in [2.75, 3.05) is 0 Å². The van der Waals surface area contributed by atoms with Crippen LogP contribution < -0.4 is 5.32 Å². The average Bonchev–Trinajstić information content (AvgIpc) is 3.24. The second-order valence-corrected chi connectivity index (χ2v) is 5.54. The lowest BCUT2D eigenvalue weighted by Gasteiger charge is -2.19. The third-order valence-electron chi connectivity index (χ3n) is 3.78. The van der Waals surface area contributed by atoms with Crippen molar-refractivity contribution in [3.63, 3.8) is 0 Å². The lowest BCUT2D eigenvalue weighted by Crippen LogP contribution is -2.33. The number of benzene rings is 1. The largest absolute Gasteiger partial charge is 0.342 e. The van der Waals surface area contributed by atoms with Crippen molar-refractivity contribution in [2.45, 2.75) is 33.0 Å². The average molecular weight is 324 g/mol. The monoisotopic (exact) mass is 324 g/mol. The highest BCUT2D eigenvalue weighted by atomic mass is 16.2. The second kappa shape index (κ2) is 7.08. The summed E-state index contributed by atoms with van der Waals surface area (Å²) in [5.41, 5.74) is 2.41. The summed E-state index contributed by atoms with van der Waals surface area (Å²) >= 11 is 0. The maximum Gasteiger partial charge on any atom is 0.270 e. The molecule has 0 saturated carbocycles. The number of carbonyl (C=O) groups excluding carboxylic acids is 1. The quantitative estimate of drug-likeness (QED) is 0.752. The molecule has 0 bridgehead atoms. The zero-order valence-corrected chi connectivity index (χ0v) is 13.8. The fourth-order valence-electron chi connectivity index (χ4n) is 2.64. The lowest BCUT2D eigenvalue weighted by molar-refractivity contribution is 0.0921. The molecule has 124 valence electrons. The van der Waals surface area contributed by atoms with Crippen LogP contribution >= 0.6 is 0 Å². The molecule has 0 aliphatic rings. The van der Waals surface area contributed by atoms with Crippen LogP contribution in [0.3, 0.4) is 0 Å². The lowest BCUT2D eigenvalue weighted by atomic mass is 10.1. The van der Waals surface area contributed by atoms with E-state index in [2.05, 4.69) is 20.5 Å². The Kier molecular flexibility index (Phi) is 4.69. The Bertz CT molecular complexity index is 794. The molecule has 24 heavy (non-hydrogen) atoms. The van der Waals surface area contributed by atoms with E-state index in [-0.39, 0.29) is 11.9 Å². The standard InChI is InChI=1S/C17H20N6O/c1-3-23-16(9-13(2)21-23)17(24)20-15(10-22-12-18-11-19-22)14-7-5-4-6-8-14/h4-9,11-12,15H,3,10H2,1-2H3,(H,20,24). The topological polar surface area (TPSA) is 77.6 Å². The van der Waals surface area contributed by atoms with Crippen LogP contribution in [0.5, 0.6) is 0 Å². The van der Waals surface area contributed by atoms with Gasteiger partial charge in [0.2, 0.25) is 0 Å². The molecule has 0 saturated heterocycles. The third kappa shape index (κ3) is 3.51. The predicted molar refractivity (Wildman–Crippen MR) is 89.3 cm³/mol. The van der Waals surface area contributed by atoms with Gasteiger partial charge in [-0.05, 0) is 25.5 Å². The van der Waals surface area contributed by atoms with Crippen molar-refractivity contribution >= 4 is 5.91 Å². The van der Waals surface area contributed by atoms with Crippen molar-refractivity contribution in [2.24, 2.45) is 0 Å². The zero-order chi connectivity index (χ0) is 16.9. The first-order chi connectivity index (χ1) is 11.7.